The van der Waals surface area contributed by atoms with Gasteiger partial charge in [-0.2, -0.15) is 0 Å². The van der Waals surface area contributed by atoms with Crippen molar-refractivity contribution in [3.8, 4) is 0 Å². The van der Waals surface area contributed by atoms with E-state index in [9.17, 15) is 4.21 Å². The van der Waals surface area contributed by atoms with Gasteiger partial charge in [0.05, 0.1) is 0 Å². The summed E-state index contributed by atoms with van der Waals surface area (Å²) in [5.41, 5.74) is 5.35. The molecular formula is C13H21NOS. The van der Waals surface area contributed by atoms with Crippen LogP contribution < -0.4 is 5.32 Å². The predicted molar refractivity (Wildman–Crippen MR) is 71.3 cm³/mol. The molecule has 0 amide bonds. The summed E-state index contributed by atoms with van der Waals surface area (Å²) in [5, 5.41) is 3.34. The molecule has 0 aliphatic heterocycles. The third kappa shape index (κ3) is 4.06. The van der Waals surface area contributed by atoms with Gasteiger partial charge >= 0.3 is 0 Å². The van der Waals surface area contributed by atoms with Gasteiger partial charge in [0.25, 0.3) is 0 Å². The summed E-state index contributed by atoms with van der Waals surface area (Å²) in [6.07, 6.45) is 1.74. The standard InChI is InChI=1S/C13H21NOS/c1-10-7-11(2)13(12(3)8-10)9-14-5-6-16(4)15/h7-8,14H,5-6,9H2,1-4H3. The van der Waals surface area contributed by atoms with Crippen LogP contribution in [0, 0.1) is 20.8 Å². The topological polar surface area (TPSA) is 29.1 Å². The van der Waals surface area contributed by atoms with E-state index in [2.05, 4.69) is 38.2 Å². The molecule has 3 heteroatoms. The number of hydrogen-bond donors (Lipinski definition) is 1. The van der Waals surface area contributed by atoms with Crippen LogP contribution in [0.1, 0.15) is 22.3 Å². The Morgan fingerprint density at radius 2 is 1.75 bits per heavy atom. The first-order chi connectivity index (χ1) is 7.50. The third-order valence-electron chi connectivity index (χ3n) is 2.71. The zero-order valence-corrected chi connectivity index (χ0v) is 11.4. The molecule has 1 atom stereocenters. The molecule has 16 heavy (non-hydrogen) atoms. The minimum Gasteiger partial charge on any atom is -0.312 e. The summed E-state index contributed by atoms with van der Waals surface area (Å²) in [5.74, 6) is 0.726. The number of nitrogens with one attached hydrogen (secondary N) is 1. The molecule has 0 radical (unpaired) electrons. The Morgan fingerprint density at radius 3 is 2.25 bits per heavy atom. The van der Waals surface area contributed by atoms with Gasteiger partial charge in [0.1, 0.15) is 0 Å². The fourth-order valence-electron chi connectivity index (χ4n) is 1.92. The van der Waals surface area contributed by atoms with E-state index in [1.807, 2.05) is 0 Å². The molecule has 0 saturated heterocycles. The lowest BCUT2D eigenvalue weighted by Crippen LogP contribution is -2.20. The second-order valence-electron chi connectivity index (χ2n) is 4.33. The zero-order valence-electron chi connectivity index (χ0n) is 10.6. The Kier molecular flexibility index (Phi) is 5.16. The van der Waals surface area contributed by atoms with Gasteiger partial charge in [-0.05, 0) is 37.5 Å². The molecule has 0 fully saturated rings. The molecule has 0 saturated carbocycles. The van der Waals surface area contributed by atoms with E-state index in [-0.39, 0.29) is 0 Å². The monoisotopic (exact) mass is 239 g/mol. The molecule has 0 aliphatic rings. The molecule has 1 rings (SSSR count). The molecule has 0 aliphatic carbocycles. The predicted octanol–water partition coefficient (Wildman–Crippen LogP) is 2.08. The highest BCUT2D eigenvalue weighted by molar-refractivity contribution is 7.84. The number of hydrogen-bond acceptors (Lipinski definition) is 2. The first kappa shape index (κ1) is 13.4. The lowest BCUT2D eigenvalue weighted by atomic mass is 10.00. The largest absolute Gasteiger partial charge is 0.312 e. The molecule has 1 N–H and O–H groups in total. The maximum atomic E-state index is 10.9. The smallest absolute Gasteiger partial charge is 0.0357 e. The minimum atomic E-state index is -0.700. The van der Waals surface area contributed by atoms with E-state index in [1.54, 1.807) is 6.26 Å². The Hall–Kier alpha value is -0.670. The van der Waals surface area contributed by atoms with Gasteiger partial charge in [-0.15, -0.1) is 0 Å². The maximum absolute atomic E-state index is 10.9. The molecule has 90 valence electrons. The molecule has 1 unspecified atom stereocenters. The van der Waals surface area contributed by atoms with Crippen LogP contribution >= 0.6 is 0 Å². The van der Waals surface area contributed by atoms with Crippen LogP contribution in [0.3, 0.4) is 0 Å². The van der Waals surface area contributed by atoms with Crippen LogP contribution in [0.15, 0.2) is 12.1 Å². The van der Waals surface area contributed by atoms with Crippen molar-refractivity contribution in [2.75, 3.05) is 18.6 Å². The van der Waals surface area contributed by atoms with Crippen molar-refractivity contribution in [1.82, 2.24) is 5.32 Å². The Balaban J connectivity index is 2.57. The van der Waals surface area contributed by atoms with Gasteiger partial charge in [-0.1, -0.05) is 17.7 Å². The summed E-state index contributed by atoms with van der Waals surface area (Å²) >= 11 is 0. The summed E-state index contributed by atoms with van der Waals surface area (Å²) < 4.78 is 10.9. The van der Waals surface area contributed by atoms with Crippen molar-refractivity contribution in [2.45, 2.75) is 27.3 Å². The van der Waals surface area contributed by atoms with Crippen molar-refractivity contribution in [1.29, 1.82) is 0 Å². The molecule has 0 heterocycles. The van der Waals surface area contributed by atoms with E-state index < -0.39 is 10.8 Å². The summed E-state index contributed by atoms with van der Waals surface area (Å²) in [4.78, 5) is 0. The van der Waals surface area contributed by atoms with Crippen molar-refractivity contribution in [2.24, 2.45) is 0 Å². The molecular weight excluding hydrogens is 218 g/mol. The van der Waals surface area contributed by atoms with Crippen LogP contribution in [-0.4, -0.2) is 22.8 Å². The summed E-state index contributed by atoms with van der Waals surface area (Å²) in [6, 6.07) is 4.42. The highest BCUT2D eigenvalue weighted by atomic mass is 32.2. The van der Waals surface area contributed by atoms with Crippen molar-refractivity contribution < 1.29 is 4.21 Å². The van der Waals surface area contributed by atoms with Gasteiger partial charge in [0.2, 0.25) is 0 Å². The third-order valence-corrected chi connectivity index (χ3v) is 3.49. The number of rotatable bonds is 5. The minimum absolute atomic E-state index is 0.700. The van der Waals surface area contributed by atoms with Gasteiger partial charge < -0.3 is 5.32 Å². The van der Waals surface area contributed by atoms with Crippen LogP contribution in [0.5, 0.6) is 0 Å². The zero-order chi connectivity index (χ0) is 12.1. The Labute approximate surface area is 101 Å². The average Bonchev–Trinajstić information content (AvgIpc) is 2.14. The van der Waals surface area contributed by atoms with E-state index in [0.717, 1.165) is 18.8 Å². The lowest BCUT2D eigenvalue weighted by molar-refractivity contribution is 0.676. The van der Waals surface area contributed by atoms with Gasteiger partial charge in [0, 0.05) is 35.9 Å². The van der Waals surface area contributed by atoms with E-state index in [1.165, 1.54) is 22.3 Å². The Bertz CT molecular complexity index is 365. The van der Waals surface area contributed by atoms with Crippen LogP contribution in [0.4, 0.5) is 0 Å². The maximum Gasteiger partial charge on any atom is 0.0357 e. The average molecular weight is 239 g/mol. The fraction of sp³-hybridized carbons (Fsp3) is 0.538. The summed E-state index contributed by atoms with van der Waals surface area (Å²) in [6.45, 7) is 8.10. The van der Waals surface area contributed by atoms with E-state index in [4.69, 9.17) is 0 Å². The van der Waals surface area contributed by atoms with Gasteiger partial charge in [0.15, 0.2) is 0 Å². The van der Waals surface area contributed by atoms with Crippen LogP contribution in [-0.2, 0) is 17.3 Å². The van der Waals surface area contributed by atoms with Crippen LogP contribution in [0.25, 0.3) is 0 Å². The van der Waals surface area contributed by atoms with Crippen molar-refractivity contribution in [3.63, 3.8) is 0 Å². The van der Waals surface area contributed by atoms with E-state index in [0.29, 0.717) is 0 Å². The first-order valence-electron chi connectivity index (χ1n) is 5.58. The molecule has 2 nitrogen and oxygen atoms in total. The lowest BCUT2D eigenvalue weighted by Gasteiger charge is -2.12. The second-order valence-corrected chi connectivity index (χ2v) is 5.89. The van der Waals surface area contributed by atoms with Crippen molar-refractivity contribution in [3.05, 3.63) is 34.4 Å². The van der Waals surface area contributed by atoms with Crippen molar-refractivity contribution >= 4 is 10.8 Å². The Morgan fingerprint density at radius 1 is 1.19 bits per heavy atom. The molecule has 1 aromatic rings. The van der Waals surface area contributed by atoms with Gasteiger partial charge in [-0.25, -0.2) is 0 Å². The quantitative estimate of drug-likeness (QED) is 0.797. The fourth-order valence-corrected chi connectivity index (χ4v) is 2.35. The normalized spacial score (nSPS) is 12.8. The summed E-state index contributed by atoms with van der Waals surface area (Å²) in [7, 11) is -0.700. The second kappa shape index (κ2) is 6.16. The molecule has 1 aromatic carbocycles. The molecule has 0 bridgehead atoms. The SMILES string of the molecule is Cc1cc(C)c(CNCCS(C)=O)c(C)c1. The highest BCUT2D eigenvalue weighted by Crippen LogP contribution is 2.15. The number of aryl methyl sites for hydroxylation is 3. The number of benzene rings is 1. The molecule has 0 aromatic heterocycles. The molecule has 0 spiro atoms. The highest BCUT2D eigenvalue weighted by Gasteiger charge is 2.03. The van der Waals surface area contributed by atoms with Crippen LogP contribution in [0.2, 0.25) is 0 Å². The van der Waals surface area contributed by atoms with E-state index >= 15 is 0 Å². The first-order valence-corrected chi connectivity index (χ1v) is 7.31. The van der Waals surface area contributed by atoms with Gasteiger partial charge in [-0.3, -0.25) is 4.21 Å².